The molecule has 5 nitrogen and oxygen atoms in total. The van der Waals surface area contributed by atoms with E-state index in [0.29, 0.717) is 0 Å². The molecule has 0 fully saturated rings. The van der Waals surface area contributed by atoms with Crippen LogP contribution in [0, 0.1) is 0 Å². The molecule has 3 N–H and O–H groups in total. The molecule has 0 saturated heterocycles. The SMILES string of the molecule is O=S(=O)(O)C(c1ccc(O)cc1)(c1cc(O)cc(Cl)c1)c1cc(Cl)c(Cl)cc1Cl. The largest absolute Gasteiger partial charge is 0.508 e. The van der Waals surface area contributed by atoms with Crippen molar-refractivity contribution in [1.82, 2.24) is 0 Å². The highest BCUT2D eigenvalue weighted by molar-refractivity contribution is 7.87. The van der Waals surface area contributed by atoms with Crippen molar-refractivity contribution in [3.8, 4) is 11.5 Å². The Morgan fingerprint density at radius 3 is 1.83 bits per heavy atom. The monoisotopic (exact) mass is 492 g/mol. The molecule has 0 aromatic heterocycles. The second-order valence-corrected chi connectivity index (χ2v) is 9.37. The van der Waals surface area contributed by atoms with Crippen LogP contribution in [0.15, 0.2) is 54.6 Å². The lowest BCUT2D eigenvalue weighted by Crippen LogP contribution is -2.38. The topological polar surface area (TPSA) is 94.8 Å². The molecule has 0 radical (unpaired) electrons. The molecule has 0 aliphatic heterocycles. The molecule has 10 heteroatoms. The molecule has 1 unspecified atom stereocenters. The summed E-state index contributed by atoms with van der Waals surface area (Å²) in [6.07, 6.45) is 0. The van der Waals surface area contributed by atoms with Gasteiger partial charge in [-0.15, -0.1) is 0 Å². The molecule has 3 rings (SSSR count). The average Bonchev–Trinajstić information content (AvgIpc) is 2.59. The highest BCUT2D eigenvalue weighted by Crippen LogP contribution is 2.49. The molecule has 0 heterocycles. The second kappa shape index (κ2) is 7.87. The van der Waals surface area contributed by atoms with Crippen LogP contribution in [-0.4, -0.2) is 23.2 Å². The summed E-state index contributed by atoms with van der Waals surface area (Å²) in [6, 6.07) is 11.1. The van der Waals surface area contributed by atoms with Gasteiger partial charge >= 0.3 is 0 Å². The van der Waals surface area contributed by atoms with E-state index in [0.717, 1.165) is 6.07 Å². The van der Waals surface area contributed by atoms with Crippen molar-refractivity contribution in [1.29, 1.82) is 0 Å². The molecule has 152 valence electrons. The zero-order valence-electron chi connectivity index (χ0n) is 14.3. The standard InChI is InChI=1S/C19H12Cl4O5S/c20-12-5-11(6-14(25)7-12)19(29(26,27)28,10-1-3-13(24)4-2-10)15-8-17(22)18(23)9-16(15)21/h1-9,24-25H,(H,26,27,28). The first kappa shape index (κ1) is 22.0. The first-order valence-electron chi connectivity index (χ1n) is 7.88. The molecular formula is C19H12Cl4O5S. The Morgan fingerprint density at radius 1 is 0.690 bits per heavy atom. The minimum absolute atomic E-state index is 0.0101. The van der Waals surface area contributed by atoms with E-state index in [9.17, 15) is 23.2 Å². The van der Waals surface area contributed by atoms with Crippen LogP contribution in [0.3, 0.4) is 0 Å². The quantitative estimate of drug-likeness (QED) is 0.239. The molecule has 1 atom stereocenters. The average molecular weight is 494 g/mol. The minimum atomic E-state index is -5.02. The van der Waals surface area contributed by atoms with E-state index in [2.05, 4.69) is 0 Å². The third-order valence-corrected chi connectivity index (χ3v) is 7.06. The van der Waals surface area contributed by atoms with Gasteiger partial charge in [0.05, 0.1) is 10.0 Å². The van der Waals surface area contributed by atoms with Gasteiger partial charge in [-0.1, -0.05) is 58.5 Å². The Kier molecular flexibility index (Phi) is 5.98. The minimum Gasteiger partial charge on any atom is -0.508 e. The number of phenols is 2. The lowest BCUT2D eigenvalue weighted by atomic mass is 9.83. The van der Waals surface area contributed by atoms with Gasteiger partial charge in [-0.3, -0.25) is 4.55 Å². The van der Waals surface area contributed by atoms with E-state index >= 15 is 0 Å². The van der Waals surface area contributed by atoms with Crippen LogP contribution >= 0.6 is 46.4 Å². The summed E-state index contributed by atoms with van der Waals surface area (Å²) in [7, 11) is -5.02. The van der Waals surface area contributed by atoms with Crippen molar-refractivity contribution in [2.75, 3.05) is 0 Å². The van der Waals surface area contributed by atoms with Gasteiger partial charge in [-0.25, -0.2) is 0 Å². The molecule has 3 aromatic carbocycles. The van der Waals surface area contributed by atoms with Crippen LogP contribution in [0.4, 0.5) is 0 Å². The van der Waals surface area contributed by atoms with Gasteiger partial charge in [0.1, 0.15) is 11.5 Å². The summed E-state index contributed by atoms with van der Waals surface area (Å²) >= 11 is 24.5. The lowest BCUT2D eigenvalue weighted by molar-refractivity contribution is 0.455. The van der Waals surface area contributed by atoms with Crippen LogP contribution in [0.25, 0.3) is 0 Å². The van der Waals surface area contributed by atoms with Crippen LogP contribution < -0.4 is 0 Å². The maximum atomic E-state index is 12.9. The van der Waals surface area contributed by atoms with Crippen molar-refractivity contribution in [3.63, 3.8) is 0 Å². The van der Waals surface area contributed by atoms with Gasteiger partial charge in [-0.05, 0) is 53.6 Å². The number of phenolic OH excluding ortho intramolecular Hbond substituents is 2. The number of halogens is 4. The smallest absolute Gasteiger partial charge is 0.283 e. The Bertz CT molecular complexity index is 1180. The molecule has 0 spiro atoms. The molecule has 0 aliphatic rings. The maximum absolute atomic E-state index is 12.9. The normalized spacial score (nSPS) is 13.8. The Morgan fingerprint density at radius 2 is 1.28 bits per heavy atom. The fraction of sp³-hybridized carbons (Fsp3) is 0.0526. The van der Waals surface area contributed by atoms with Crippen molar-refractivity contribution in [2.45, 2.75) is 4.75 Å². The Hall–Kier alpha value is -1.67. The van der Waals surface area contributed by atoms with E-state index in [1.165, 1.54) is 48.5 Å². The third-order valence-electron chi connectivity index (χ3n) is 4.34. The van der Waals surface area contributed by atoms with Crippen molar-refractivity contribution in [2.24, 2.45) is 0 Å². The third kappa shape index (κ3) is 3.89. The Balaban J connectivity index is 2.58. The first-order valence-corrected chi connectivity index (χ1v) is 10.8. The number of aromatic hydroxyl groups is 2. The fourth-order valence-corrected chi connectivity index (χ4v) is 5.45. The Labute approximate surface area is 186 Å². The molecule has 0 aliphatic carbocycles. The van der Waals surface area contributed by atoms with E-state index in [4.69, 9.17) is 46.4 Å². The molecule has 29 heavy (non-hydrogen) atoms. The maximum Gasteiger partial charge on any atom is 0.283 e. The zero-order valence-corrected chi connectivity index (χ0v) is 18.1. The number of benzene rings is 3. The number of rotatable bonds is 4. The van der Waals surface area contributed by atoms with Crippen molar-refractivity contribution in [3.05, 3.63) is 91.4 Å². The van der Waals surface area contributed by atoms with Crippen LogP contribution in [0.1, 0.15) is 16.7 Å². The van der Waals surface area contributed by atoms with Crippen LogP contribution in [0.5, 0.6) is 11.5 Å². The van der Waals surface area contributed by atoms with Gasteiger partial charge in [0.15, 0.2) is 4.75 Å². The zero-order chi connectivity index (χ0) is 21.6. The summed E-state index contributed by atoms with van der Waals surface area (Å²) in [5, 5.41) is 19.7. The molecule has 0 amide bonds. The first-order chi connectivity index (χ1) is 13.5. The summed E-state index contributed by atoms with van der Waals surface area (Å²) in [5.74, 6) is -0.470. The predicted octanol–water partition coefficient (Wildman–Crippen LogP) is 5.89. The number of hydrogen-bond acceptors (Lipinski definition) is 4. The van der Waals surface area contributed by atoms with Crippen molar-refractivity contribution < 1.29 is 23.2 Å². The van der Waals surface area contributed by atoms with Crippen molar-refractivity contribution >= 4 is 56.5 Å². The highest BCUT2D eigenvalue weighted by Gasteiger charge is 2.50. The van der Waals surface area contributed by atoms with Crippen LogP contribution in [-0.2, 0) is 14.9 Å². The molecule has 3 aromatic rings. The molecule has 0 saturated carbocycles. The summed E-state index contributed by atoms with van der Waals surface area (Å²) in [5.41, 5.74) is -0.209. The van der Waals surface area contributed by atoms with E-state index < -0.39 is 14.9 Å². The van der Waals surface area contributed by atoms with Gasteiger partial charge < -0.3 is 10.2 Å². The predicted molar refractivity (Wildman–Crippen MR) is 114 cm³/mol. The van der Waals surface area contributed by atoms with Crippen LogP contribution in [0.2, 0.25) is 20.1 Å². The van der Waals surface area contributed by atoms with E-state index in [1.807, 2.05) is 0 Å². The van der Waals surface area contributed by atoms with E-state index in [-0.39, 0.29) is 48.3 Å². The summed E-state index contributed by atoms with van der Waals surface area (Å²) in [6.45, 7) is 0. The van der Waals surface area contributed by atoms with Gasteiger partial charge in [-0.2, -0.15) is 8.42 Å². The lowest BCUT2D eigenvalue weighted by Gasteiger charge is -2.33. The highest BCUT2D eigenvalue weighted by atomic mass is 35.5. The summed E-state index contributed by atoms with van der Waals surface area (Å²) in [4.78, 5) is 0. The molecule has 0 bridgehead atoms. The second-order valence-electron chi connectivity index (χ2n) is 6.15. The fourth-order valence-electron chi connectivity index (χ4n) is 3.18. The summed E-state index contributed by atoms with van der Waals surface area (Å²) < 4.78 is 34.0. The van der Waals surface area contributed by atoms with Gasteiger partial charge in [0.25, 0.3) is 10.1 Å². The van der Waals surface area contributed by atoms with Gasteiger partial charge in [0, 0.05) is 15.6 Å². The van der Waals surface area contributed by atoms with E-state index in [1.54, 1.807) is 0 Å². The number of hydrogen-bond donors (Lipinski definition) is 3. The van der Waals surface area contributed by atoms with Gasteiger partial charge in [0.2, 0.25) is 0 Å². The molecular weight excluding hydrogens is 482 g/mol.